The van der Waals surface area contributed by atoms with Crippen LogP contribution in [0.15, 0.2) is 18.2 Å². The van der Waals surface area contributed by atoms with E-state index in [4.69, 9.17) is 11.6 Å². The molecule has 0 heterocycles. The van der Waals surface area contributed by atoms with Crippen LogP contribution in [0.1, 0.15) is 12.0 Å². The summed E-state index contributed by atoms with van der Waals surface area (Å²) in [5, 5.41) is 0.531. The van der Waals surface area contributed by atoms with Crippen LogP contribution in [-0.2, 0) is 6.42 Å². The van der Waals surface area contributed by atoms with Crippen molar-refractivity contribution in [2.45, 2.75) is 12.8 Å². The fraction of sp³-hybridized carbons (Fsp3) is 0.455. The number of halogens is 2. The van der Waals surface area contributed by atoms with Crippen LogP contribution >= 0.6 is 11.6 Å². The van der Waals surface area contributed by atoms with Crippen LogP contribution in [0.3, 0.4) is 0 Å². The molecule has 0 aliphatic heterocycles. The van der Waals surface area contributed by atoms with Gasteiger partial charge in [0.2, 0.25) is 0 Å². The summed E-state index contributed by atoms with van der Waals surface area (Å²) in [6, 6.07) is 4.58. The van der Waals surface area contributed by atoms with Crippen LogP contribution in [0.2, 0.25) is 5.02 Å². The van der Waals surface area contributed by atoms with Gasteiger partial charge in [-0.15, -0.1) is 0 Å². The van der Waals surface area contributed by atoms with Gasteiger partial charge >= 0.3 is 0 Å². The second-order valence-corrected chi connectivity index (χ2v) is 4.05. The topological polar surface area (TPSA) is 3.24 Å². The van der Waals surface area contributed by atoms with Crippen LogP contribution in [0.5, 0.6) is 0 Å². The monoisotopic (exact) mass is 215 g/mol. The fourth-order valence-electron chi connectivity index (χ4n) is 1.31. The molecule has 0 N–H and O–H groups in total. The van der Waals surface area contributed by atoms with Crippen molar-refractivity contribution in [1.82, 2.24) is 4.90 Å². The minimum Gasteiger partial charge on any atom is -0.309 e. The van der Waals surface area contributed by atoms with Crippen molar-refractivity contribution in [1.29, 1.82) is 0 Å². The SMILES string of the molecule is CN(C)CCCc1ccc(F)cc1Cl. The standard InChI is InChI=1S/C11H15ClFN/c1-14(2)7-3-4-9-5-6-10(13)8-11(9)12/h5-6,8H,3-4,7H2,1-2H3. The zero-order valence-electron chi connectivity index (χ0n) is 8.56. The average molecular weight is 216 g/mol. The molecule has 0 amide bonds. The number of hydrogen-bond acceptors (Lipinski definition) is 1. The first kappa shape index (κ1) is 11.5. The molecule has 0 spiro atoms. The number of hydrogen-bond donors (Lipinski definition) is 0. The zero-order valence-corrected chi connectivity index (χ0v) is 9.31. The van der Waals surface area contributed by atoms with Crippen molar-refractivity contribution in [2.24, 2.45) is 0 Å². The van der Waals surface area contributed by atoms with E-state index in [1.54, 1.807) is 6.07 Å². The fourth-order valence-corrected chi connectivity index (χ4v) is 1.57. The van der Waals surface area contributed by atoms with Crippen LogP contribution in [0.4, 0.5) is 4.39 Å². The third-order valence-corrected chi connectivity index (χ3v) is 2.42. The van der Waals surface area contributed by atoms with Gasteiger partial charge in [0.1, 0.15) is 5.82 Å². The highest BCUT2D eigenvalue weighted by atomic mass is 35.5. The highest BCUT2D eigenvalue weighted by molar-refractivity contribution is 6.31. The summed E-state index contributed by atoms with van der Waals surface area (Å²) in [5.74, 6) is -0.272. The maximum atomic E-state index is 12.7. The second-order valence-electron chi connectivity index (χ2n) is 3.64. The predicted molar refractivity (Wildman–Crippen MR) is 58.3 cm³/mol. The Bertz CT molecular complexity index is 299. The van der Waals surface area contributed by atoms with E-state index in [1.807, 2.05) is 14.1 Å². The molecule has 14 heavy (non-hydrogen) atoms. The van der Waals surface area contributed by atoms with Gasteiger partial charge < -0.3 is 4.90 Å². The lowest BCUT2D eigenvalue weighted by Gasteiger charge is -2.09. The Balaban J connectivity index is 2.51. The van der Waals surface area contributed by atoms with Gasteiger partial charge in [-0.05, 0) is 51.2 Å². The summed E-state index contributed by atoms with van der Waals surface area (Å²) in [4.78, 5) is 2.12. The summed E-state index contributed by atoms with van der Waals surface area (Å²) < 4.78 is 12.7. The average Bonchev–Trinajstić information content (AvgIpc) is 2.08. The molecule has 1 aromatic carbocycles. The Morgan fingerprint density at radius 3 is 2.64 bits per heavy atom. The van der Waals surface area contributed by atoms with Crippen LogP contribution < -0.4 is 0 Å². The van der Waals surface area contributed by atoms with Gasteiger partial charge in [0, 0.05) is 5.02 Å². The van der Waals surface area contributed by atoms with E-state index in [0.29, 0.717) is 5.02 Å². The summed E-state index contributed by atoms with van der Waals surface area (Å²) in [7, 11) is 4.07. The first-order valence-corrected chi connectivity index (χ1v) is 5.06. The lowest BCUT2D eigenvalue weighted by Crippen LogP contribution is -2.13. The lowest BCUT2D eigenvalue weighted by atomic mass is 10.1. The van der Waals surface area contributed by atoms with E-state index < -0.39 is 0 Å². The Kier molecular flexibility index (Phi) is 4.36. The highest BCUT2D eigenvalue weighted by Gasteiger charge is 2.01. The van der Waals surface area contributed by atoms with Crippen molar-refractivity contribution in [3.63, 3.8) is 0 Å². The van der Waals surface area contributed by atoms with Crippen LogP contribution in [0, 0.1) is 5.82 Å². The zero-order chi connectivity index (χ0) is 10.6. The molecule has 1 nitrogen and oxygen atoms in total. The number of rotatable bonds is 4. The molecule has 0 aliphatic carbocycles. The number of nitrogens with zero attached hydrogens (tertiary/aromatic N) is 1. The quantitative estimate of drug-likeness (QED) is 0.747. The lowest BCUT2D eigenvalue weighted by molar-refractivity contribution is 0.400. The molecule has 0 fully saturated rings. The van der Waals surface area contributed by atoms with E-state index in [9.17, 15) is 4.39 Å². The molecular weight excluding hydrogens is 201 g/mol. The van der Waals surface area contributed by atoms with Crippen molar-refractivity contribution in [3.8, 4) is 0 Å². The molecule has 0 radical (unpaired) electrons. The Labute approximate surface area is 89.5 Å². The Hall–Kier alpha value is -0.600. The first-order chi connectivity index (χ1) is 6.59. The normalized spacial score (nSPS) is 10.9. The molecule has 1 rings (SSSR count). The molecule has 3 heteroatoms. The Morgan fingerprint density at radius 2 is 2.07 bits per heavy atom. The van der Waals surface area contributed by atoms with Gasteiger partial charge in [-0.3, -0.25) is 0 Å². The third-order valence-electron chi connectivity index (χ3n) is 2.07. The maximum Gasteiger partial charge on any atom is 0.124 e. The van der Waals surface area contributed by atoms with Crippen LogP contribution in [-0.4, -0.2) is 25.5 Å². The molecule has 0 unspecified atom stereocenters. The maximum absolute atomic E-state index is 12.7. The van der Waals surface area contributed by atoms with E-state index in [0.717, 1.165) is 24.9 Å². The van der Waals surface area contributed by atoms with Gasteiger partial charge in [0.25, 0.3) is 0 Å². The Morgan fingerprint density at radius 1 is 1.36 bits per heavy atom. The van der Waals surface area contributed by atoms with Gasteiger partial charge in [-0.2, -0.15) is 0 Å². The summed E-state index contributed by atoms with van der Waals surface area (Å²) >= 11 is 5.89. The van der Waals surface area contributed by atoms with Crippen molar-refractivity contribution in [3.05, 3.63) is 34.6 Å². The summed E-state index contributed by atoms with van der Waals surface area (Å²) in [6.07, 6.45) is 1.94. The smallest absolute Gasteiger partial charge is 0.124 e. The predicted octanol–water partition coefficient (Wildman–Crippen LogP) is 2.97. The van der Waals surface area contributed by atoms with Crippen LogP contribution in [0.25, 0.3) is 0 Å². The van der Waals surface area contributed by atoms with Gasteiger partial charge in [0.05, 0.1) is 0 Å². The van der Waals surface area contributed by atoms with E-state index in [2.05, 4.69) is 4.90 Å². The first-order valence-electron chi connectivity index (χ1n) is 4.68. The van der Waals surface area contributed by atoms with Crippen molar-refractivity contribution in [2.75, 3.05) is 20.6 Å². The molecule has 0 aliphatic rings. The number of aryl methyl sites for hydroxylation is 1. The third kappa shape index (κ3) is 3.64. The van der Waals surface area contributed by atoms with Gasteiger partial charge in [-0.1, -0.05) is 17.7 Å². The largest absolute Gasteiger partial charge is 0.309 e. The van der Waals surface area contributed by atoms with Gasteiger partial charge in [-0.25, -0.2) is 4.39 Å². The molecule has 0 aromatic heterocycles. The molecule has 0 saturated heterocycles. The molecule has 78 valence electrons. The summed E-state index contributed by atoms with van der Waals surface area (Å²) in [6.45, 7) is 1.02. The molecule has 0 saturated carbocycles. The van der Waals surface area contributed by atoms with E-state index >= 15 is 0 Å². The van der Waals surface area contributed by atoms with E-state index in [1.165, 1.54) is 12.1 Å². The highest BCUT2D eigenvalue weighted by Crippen LogP contribution is 2.18. The molecule has 0 atom stereocenters. The molecular formula is C11H15ClFN. The van der Waals surface area contributed by atoms with Crippen molar-refractivity contribution >= 4 is 11.6 Å². The van der Waals surface area contributed by atoms with Gasteiger partial charge in [0.15, 0.2) is 0 Å². The molecule has 0 bridgehead atoms. The second kappa shape index (κ2) is 5.32. The summed E-state index contributed by atoms with van der Waals surface area (Å²) in [5.41, 5.74) is 1.02. The minimum absolute atomic E-state index is 0.272. The van der Waals surface area contributed by atoms with E-state index in [-0.39, 0.29) is 5.82 Å². The minimum atomic E-state index is -0.272. The molecule has 1 aromatic rings. The van der Waals surface area contributed by atoms with Crippen molar-refractivity contribution < 1.29 is 4.39 Å². The number of benzene rings is 1.